The first-order valence-electron chi connectivity index (χ1n) is 5.67. The van der Waals surface area contributed by atoms with Crippen LogP contribution in [0.3, 0.4) is 0 Å². The Kier molecular flexibility index (Phi) is 3.86. The van der Waals surface area contributed by atoms with Gasteiger partial charge in [-0.05, 0) is 17.5 Å². The fraction of sp³-hybridized carbons (Fsp3) is 0.308. The molecule has 1 fully saturated rings. The van der Waals surface area contributed by atoms with Gasteiger partial charge in [0.05, 0.1) is 0 Å². The maximum absolute atomic E-state index is 11.1. The minimum absolute atomic E-state index is 0.0525. The van der Waals surface area contributed by atoms with Crippen molar-refractivity contribution in [2.75, 3.05) is 0 Å². The van der Waals surface area contributed by atoms with E-state index in [1.807, 2.05) is 30.3 Å². The molecule has 2 N–H and O–H groups in total. The quantitative estimate of drug-likeness (QED) is 0.701. The van der Waals surface area contributed by atoms with Crippen LogP contribution in [0.2, 0.25) is 0 Å². The Morgan fingerprint density at radius 3 is 2.88 bits per heavy atom. The Labute approximate surface area is 107 Å². The zero-order valence-corrected chi connectivity index (χ0v) is 10.6. The average Bonchev–Trinajstić information content (AvgIpc) is 2.30. The van der Waals surface area contributed by atoms with Gasteiger partial charge in [-0.25, -0.2) is 5.43 Å². The van der Waals surface area contributed by atoms with Crippen LogP contribution in [-0.4, -0.2) is 11.9 Å². The summed E-state index contributed by atoms with van der Waals surface area (Å²) < 4.78 is 0. The molecule has 4 heteroatoms. The Hall–Kier alpha value is -1.26. The molecule has 1 heterocycles. The number of hydrogen-bond acceptors (Lipinski definition) is 3. The highest BCUT2D eigenvalue weighted by Crippen LogP contribution is 2.17. The molecule has 0 radical (unpaired) electrons. The molecular formula is C13H16N2OS. The van der Waals surface area contributed by atoms with Crippen LogP contribution in [0.15, 0.2) is 35.2 Å². The standard InChI is InChI=1S/C13H16N2OS/c1-9-8-13(16)15-14-11(9)7-6-10-4-2-3-5-12(10)17/h2-7,9,11,14,17H,8H2,1H3,(H,15,16)/b7-6+. The van der Waals surface area contributed by atoms with Crippen LogP contribution in [0.4, 0.5) is 0 Å². The number of hydrogen-bond donors (Lipinski definition) is 3. The van der Waals surface area contributed by atoms with Crippen LogP contribution in [-0.2, 0) is 4.79 Å². The maximum Gasteiger partial charge on any atom is 0.234 e. The van der Waals surface area contributed by atoms with Gasteiger partial charge in [0, 0.05) is 17.4 Å². The molecule has 17 heavy (non-hydrogen) atoms. The summed E-state index contributed by atoms with van der Waals surface area (Å²) in [5, 5.41) is 0. The third-order valence-corrected chi connectivity index (χ3v) is 3.33. The van der Waals surface area contributed by atoms with Crippen LogP contribution in [0.1, 0.15) is 18.9 Å². The fourth-order valence-electron chi connectivity index (χ4n) is 1.85. The molecule has 3 nitrogen and oxygen atoms in total. The lowest BCUT2D eigenvalue weighted by molar-refractivity contribution is -0.125. The van der Waals surface area contributed by atoms with Crippen LogP contribution >= 0.6 is 12.6 Å². The van der Waals surface area contributed by atoms with E-state index in [0.29, 0.717) is 12.3 Å². The molecule has 2 atom stereocenters. The number of hydrazine groups is 1. The second-order valence-electron chi connectivity index (χ2n) is 4.32. The topological polar surface area (TPSA) is 41.1 Å². The first kappa shape index (κ1) is 12.2. The first-order chi connectivity index (χ1) is 8.16. The van der Waals surface area contributed by atoms with E-state index in [1.54, 1.807) is 0 Å². The lowest BCUT2D eigenvalue weighted by Crippen LogP contribution is -2.52. The van der Waals surface area contributed by atoms with Gasteiger partial charge in [-0.2, -0.15) is 0 Å². The van der Waals surface area contributed by atoms with Crippen molar-refractivity contribution >= 4 is 24.6 Å². The van der Waals surface area contributed by atoms with Crippen molar-refractivity contribution in [3.8, 4) is 0 Å². The zero-order valence-electron chi connectivity index (χ0n) is 9.68. The van der Waals surface area contributed by atoms with Crippen LogP contribution in [0.5, 0.6) is 0 Å². The van der Waals surface area contributed by atoms with Crippen molar-refractivity contribution in [1.82, 2.24) is 10.9 Å². The van der Waals surface area contributed by atoms with Crippen molar-refractivity contribution in [1.29, 1.82) is 0 Å². The number of carbonyl (C=O) groups excluding carboxylic acids is 1. The average molecular weight is 248 g/mol. The Morgan fingerprint density at radius 1 is 1.41 bits per heavy atom. The maximum atomic E-state index is 11.1. The van der Waals surface area contributed by atoms with Gasteiger partial charge < -0.3 is 0 Å². The fourth-order valence-corrected chi connectivity index (χ4v) is 2.09. The monoisotopic (exact) mass is 248 g/mol. The predicted octanol–water partition coefficient (Wildman–Crippen LogP) is 2.02. The molecule has 0 bridgehead atoms. The van der Waals surface area contributed by atoms with Gasteiger partial charge in [0.25, 0.3) is 0 Å². The molecule has 2 rings (SSSR count). The number of amides is 1. The van der Waals surface area contributed by atoms with E-state index >= 15 is 0 Å². The second kappa shape index (κ2) is 5.38. The number of nitrogens with one attached hydrogen (secondary N) is 2. The molecule has 1 amide bonds. The molecule has 1 aliphatic rings. The first-order valence-corrected chi connectivity index (χ1v) is 6.12. The molecule has 1 aromatic rings. The van der Waals surface area contributed by atoms with E-state index < -0.39 is 0 Å². The van der Waals surface area contributed by atoms with Crippen LogP contribution < -0.4 is 10.9 Å². The highest BCUT2D eigenvalue weighted by Gasteiger charge is 2.22. The van der Waals surface area contributed by atoms with Gasteiger partial charge >= 0.3 is 0 Å². The van der Waals surface area contributed by atoms with Crippen molar-refractivity contribution in [3.63, 3.8) is 0 Å². The summed E-state index contributed by atoms with van der Waals surface area (Å²) in [5.41, 5.74) is 6.74. The summed E-state index contributed by atoms with van der Waals surface area (Å²) in [4.78, 5) is 12.1. The van der Waals surface area contributed by atoms with Crippen LogP contribution in [0, 0.1) is 5.92 Å². The Morgan fingerprint density at radius 2 is 2.18 bits per heavy atom. The van der Waals surface area contributed by atoms with Crippen molar-refractivity contribution in [2.45, 2.75) is 24.3 Å². The van der Waals surface area contributed by atoms with Gasteiger partial charge in [0.2, 0.25) is 5.91 Å². The van der Waals surface area contributed by atoms with E-state index in [2.05, 4.69) is 36.5 Å². The number of thiol groups is 1. The molecule has 1 aromatic carbocycles. The van der Waals surface area contributed by atoms with E-state index in [9.17, 15) is 4.79 Å². The summed E-state index contributed by atoms with van der Waals surface area (Å²) in [6, 6.07) is 8.09. The third kappa shape index (κ3) is 3.11. The Balaban J connectivity index is 2.06. The number of carbonyl (C=O) groups is 1. The smallest absolute Gasteiger partial charge is 0.234 e. The van der Waals surface area contributed by atoms with E-state index in [-0.39, 0.29) is 11.9 Å². The Bertz CT molecular complexity index is 445. The van der Waals surface area contributed by atoms with Crippen LogP contribution in [0.25, 0.3) is 6.08 Å². The van der Waals surface area contributed by atoms with Crippen molar-refractivity contribution in [3.05, 3.63) is 35.9 Å². The van der Waals surface area contributed by atoms with E-state index in [0.717, 1.165) is 10.5 Å². The summed E-state index contributed by atoms with van der Waals surface area (Å²) in [7, 11) is 0. The highest BCUT2D eigenvalue weighted by atomic mass is 32.1. The van der Waals surface area contributed by atoms with E-state index in [4.69, 9.17) is 0 Å². The molecule has 2 unspecified atom stereocenters. The molecule has 1 saturated heterocycles. The lowest BCUT2D eigenvalue weighted by Gasteiger charge is -2.27. The van der Waals surface area contributed by atoms with Gasteiger partial charge in [-0.1, -0.05) is 37.3 Å². The third-order valence-electron chi connectivity index (χ3n) is 2.92. The molecule has 90 valence electrons. The van der Waals surface area contributed by atoms with Gasteiger partial charge in [0.15, 0.2) is 0 Å². The molecule has 0 saturated carbocycles. The lowest BCUT2D eigenvalue weighted by atomic mass is 9.96. The second-order valence-corrected chi connectivity index (χ2v) is 4.80. The summed E-state index contributed by atoms with van der Waals surface area (Å²) in [6.07, 6.45) is 4.66. The SMILES string of the molecule is CC1CC(=O)NNC1/C=C/c1ccccc1S. The minimum Gasteiger partial charge on any atom is -0.291 e. The summed E-state index contributed by atoms with van der Waals surface area (Å²) >= 11 is 4.39. The molecular weight excluding hydrogens is 232 g/mol. The predicted molar refractivity (Wildman–Crippen MR) is 71.6 cm³/mol. The molecule has 0 aliphatic carbocycles. The van der Waals surface area contributed by atoms with Crippen molar-refractivity contribution in [2.24, 2.45) is 5.92 Å². The normalized spacial score (nSPS) is 24.9. The van der Waals surface area contributed by atoms with Gasteiger partial charge in [0.1, 0.15) is 0 Å². The van der Waals surface area contributed by atoms with Gasteiger partial charge in [-0.3, -0.25) is 10.2 Å². The molecule has 0 spiro atoms. The van der Waals surface area contributed by atoms with E-state index in [1.165, 1.54) is 0 Å². The summed E-state index contributed by atoms with van der Waals surface area (Å²) in [5.74, 6) is 0.351. The number of rotatable bonds is 2. The molecule has 1 aliphatic heterocycles. The highest BCUT2D eigenvalue weighted by molar-refractivity contribution is 7.80. The minimum atomic E-state index is 0.0525. The zero-order chi connectivity index (χ0) is 12.3. The number of benzene rings is 1. The van der Waals surface area contributed by atoms with Gasteiger partial charge in [-0.15, -0.1) is 12.6 Å². The van der Waals surface area contributed by atoms with Crippen molar-refractivity contribution < 1.29 is 4.79 Å². The largest absolute Gasteiger partial charge is 0.291 e. The summed E-state index contributed by atoms with van der Waals surface area (Å²) in [6.45, 7) is 2.06. The molecule has 0 aromatic heterocycles.